The largest absolute Gasteiger partial charge is 0.383 e. The van der Waals surface area contributed by atoms with Crippen molar-refractivity contribution in [3.05, 3.63) is 28.8 Å². The average molecular weight is 350 g/mol. The Kier molecular flexibility index (Phi) is 10.6. The summed E-state index contributed by atoms with van der Waals surface area (Å²) in [6, 6.07) is 4.75. The number of nitrogens with one attached hydrogen (secondary N) is 3. The highest BCUT2D eigenvalue weighted by atomic mass is 35.5. The lowest BCUT2D eigenvalue weighted by molar-refractivity contribution is -0.115. The molecule has 3 N–H and O–H groups in total. The summed E-state index contributed by atoms with van der Waals surface area (Å²) in [6.45, 7) is 3.56. The van der Waals surface area contributed by atoms with E-state index in [9.17, 15) is 9.59 Å². The van der Waals surface area contributed by atoms with Gasteiger partial charge in [-0.3, -0.25) is 9.59 Å². The van der Waals surface area contributed by atoms with Gasteiger partial charge in [-0.1, -0.05) is 11.6 Å². The first-order valence-corrected chi connectivity index (χ1v) is 7.03. The van der Waals surface area contributed by atoms with Crippen molar-refractivity contribution < 1.29 is 14.3 Å². The number of methoxy groups -OCH3 is 1. The number of benzene rings is 1. The van der Waals surface area contributed by atoms with Gasteiger partial charge in [0.05, 0.1) is 24.4 Å². The molecule has 6 nitrogen and oxygen atoms in total. The number of amides is 2. The van der Waals surface area contributed by atoms with Gasteiger partial charge in [0, 0.05) is 25.2 Å². The molecule has 0 radical (unpaired) electrons. The van der Waals surface area contributed by atoms with Gasteiger partial charge in [0.15, 0.2) is 0 Å². The molecule has 0 aliphatic carbocycles. The van der Waals surface area contributed by atoms with Crippen LogP contribution in [-0.2, 0) is 9.53 Å². The van der Waals surface area contributed by atoms with E-state index in [1.165, 1.54) is 0 Å². The number of hydrogen-bond acceptors (Lipinski definition) is 4. The van der Waals surface area contributed by atoms with Gasteiger partial charge in [0.1, 0.15) is 0 Å². The van der Waals surface area contributed by atoms with Crippen molar-refractivity contribution >= 4 is 41.5 Å². The fraction of sp³-hybridized carbons (Fsp3) is 0.429. The molecule has 0 saturated heterocycles. The molecular formula is C14H21Cl2N3O3. The average Bonchev–Trinajstić information content (AvgIpc) is 2.44. The van der Waals surface area contributed by atoms with Gasteiger partial charge in [0.25, 0.3) is 5.91 Å². The van der Waals surface area contributed by atoms with Gasteiger partial charge in [-0.25, -0.2) is 0 Å². The Morgan fingerprint density at radius 2 is 2.05 bits per heavy atom. The first-order chi connectivity index (χ1) is 10.1. The topological polar surface area (TPSA) is 79.5 Å². The third-order valence-electron chi connectivity index (χ3n) is 2.61. The van der Waals surface area contributed by atoms with E-state index >= 15 is 0 Å². The molecular weight excluding hydrogens is 329 g/mol. The molecule has 0 spiro atoms. The summed E-state index contributed by atoms with van der Waals surface area (Å²) in [7, 11) is 1.59. The van der Waals surface area contributed by atoms with Gasteiger partial charge in [0.2, 0.25) is 5.91 Å². The van der Waals surface area contributed by atoms with Gasteiger partial charge in [-0.2, -0.15) is 0 Å². The molecule has 0 aromatic heterocycles. The minimum Gasteiger partial charge on any atom is -0.383 e. The molecule has 124 valence electrons. The van der Waals surface area contributed by atoms with E-state index in [0.717, 1.165) is 0 Å². The molecule has 2 amide bonds. The molecule has 0 heterocycles. The number of rotatable bonds is 8. The van der Waals surface area contributed by atoms with Crippen LogP contribution in [0.4, 0.5) is 5.69 Å². The molecule has 0 aliphatic rings. The highest BCUT2D eigenvalue weighted by Gasteiger charge is 2.13. The third-order valence-corrected chi connectivity index (χ3v) is 2.84. The SMILES string of the molecule is CCNC(=O)c1ccc(Cl)cc1NC(=O)CNCCOC.Cl. The quantitative estimate of drug-likeness (QED) is 0.624. The van der Waals surface area contributed by atoms with Crippen LogP contribution in [0.3, 0.4) is 0 Å². The van der Waals surface area contributed by atoms with Crippen molar-refractivity contribution in [2.24, 2.45) is 0 Å². The second-order valence-electron chi connectivity index (χ2n) is 4.27. The summed E-state index contributed by atoms with van der Waals surface area (Å²) in [5, 5.41) is 8.74. The highest BCUT2D eigenvalue weighted by Crippen LogP contribution is 2.21. The lowest BCUT2D eigenvalue weighted by Gasteiger charge is -2.12. The second-order valence-corrected chi connectivity index (χ2v) is 4.70. The molecule has 0 saturated carbocycles. The minimum atomic E-state index is -0.253. The Morgan fingerprint density at radius 1 is 1.32 bits per heavy atom. The fourth-order valence-electron chi connectivity index (χ4n) is 1.64. The summed E-state index contributed by atoms with van der Waals surface area (Å²) in [6.07, 6.45) is 0. The molecule has 1 aromatic rings. The standard InChI is InChI=1S/C14H20ClN3O3.ClH/c1-3-17-14(20)11-5-4-10(15)8-12(11)18-13(19)9-16-6-7-21-2;/h4-5,8,16H,3,6-7,9H2,1-2H3,(H,17,20)(H,18,19);1H. The zero-order valence-corrected chi connectivity index (χ0v) is 14.1. The molecule has 1 rings (SSSR count). The molecule has 1 aromatic carbocycles. The van der Waals surface area contributed by atoms with Crippen LogP contribution < -0.4 is 16.0 Å². The Balaban J connectivity index is 0.00000441. The van der Waals surface area contributed by atoms with Crippen molar-refractivity contribution in [3.8, 4) is 0 Å². The number of carbonyl (C=O) groups excluding carboxylic acids is 2. The van der Waals surface area contributed by atoms with Crippen LogP contribution in [0.15, 0.2) is 18.2 Å². The van der Waals surface area contributed by atoms with Crippen LogP contribution in [0, 0.1) is 0 Å². The lowest BCUT2D eigenvalue weighted by Crippen LogP contribution is -2.31. The summed E-state index contributed by atoms with van der Waals surface area (Å²) < 4.78 is 4.87. The zero-order chi connectivity index (χ0) is 15.7. The van der Waals surface area contributed by atoms with E-state index in [4.69, 9.17) is 16.3 Å². The maximum Gasteiger partial charge on any atom is 0.253 e. The summed E-state index contributed by atoms with van der Waals surface area (Å²) in [5.41, 5.74) is 0.776. The Morgan fingerprint density at radius 3 is 2.68 bits per heavy atom. The number of anilines is 1. The fourth-order valence-corrected chi connectivity index (χ4v) is 1.82. The van der Waals surface area contributed by atoms with Crippen LogP contribution in [0.2, 0.25) is 5.02 Å². The van der Waals surface area contributed by atoms with Crippen LogP contribution in [-0.4, -0.2) is 45.2 Å². The number of carbonyl (C=O) groups is 2. The van der Waals surface area contributed by atoms with Crippen molar-refractivity contribution in [1.29, 1.82) is 0 Å². The van der Waals surface area contributed by atoms with E-state index in [-0.39, 0.29) is 30.8 Å². The van der Waals surface area contributed by atoms with E-state index in [1.54, 1.807) is 25.3 Å². The molecule has 8 heteroatoms. The first-order valence-electron chi connectivity index (χ1n) is 6.65. The van der Waals surface area contributed by atoms with E-state index in [1.807, 2.05) is 6.92 Å². The molecule has 22 heavy (non-hydrogen) atoms. The Hall–Kier alpha value is -1.34. The number of hydrogen-bond donors (Lipinski definition) is 3. The van der Waals surface area contributed by atoms with E-state index < -0.39 is 0 Å². The monoisotopic (exact) mass is 349 g/mol. The highest BCUT2D eigenvalue weighted by molar-refractivity contribution is 6.31. The predicted octanol–water partition coefficient (Wildman–Crippen LogP) is 1.69. The van der Waals surface area contributed by atoms with Gasteiger partial charge >= 0.3 is 0 Å². The van der Waals surface area contributed by atoms with Crippen LogP contribution in [0.25, 0.3) is 0 Å². The molecule has 0 unspecified atom stereocenters. The number of halogens is 2. The Bertz CT molecular complexity index is 498. The summed E-state index contributed by atoms with van der Waals surface area (Å²) in [5.74, 6) is -0.504. The van der Waals surface area contributed by atoms with E-state index in [2.05, 4.69) is 16.0 Å². The van der Waals surface area contributed by atoms with E-state index in [0.29, 0.717) is 36.0 Å². The smallest absolute Gasteiger partial charge is 0.253 e. The normalized spacial score (nSPS) is 9.77. The third kappa shape index (κ3) is 7.09. The molecule has 0 aliphatic heterocycles. The maximum atomic E-state index is 11.9. The van der Waals surface area contributed by atoms with Crippen molar-refractivity contribution in [2.45, 2.75) is 6.92 Å². The maximum absolute atomic E-state index is 11.9. The van der Waals surface area contributed by atoms with Crippen LogP contribution in [0.1, 0.15) is 17.3 Å². The number of ether oxygens (including phenoxy) is 1. The Labute approximate surface area is 141 Å². The van der Waals surface area contributed by atoms with Gasteiger partial charge in [-0.15, -0.1) is 12.4 Å². The molecule has 0 atom stereocenters. The van der Waals surface area contributed by atoms with Gasteiger partial charge < -0.3 is 20.7 Å². The molecule has 0 fully saturated rings. The van der Waals surface area contributed by atoms with Crippen molar-refractivity contribution in [2.75, 3.05) is 38.7 Å². The van der Waals surface area contributed by atoms with Crippen LogP contribution >= 0.6 is 24.0 Å². The lowest BCUT2D eigenvalue weighted by atomic mass is 10.1. The minimum absolute atomic E-state index is 0. The van der Waals surface area contributed by atoms with Gasteiger partial charge in [-0.05, 0) is 25.1 Å². The zero-order valence-electron chi connectivity index (χ0n) is 12.6. The predicted molar refractivity (Wildman–Crippen MR) is 90.1 cm³/mol. The van der Waals surface area contributed by atoms with Crippen LogP contribution in [0.5, 0.6) is 0 Å². The first kappa shape index (κ1) is 20.7. The van der Waals surface area contributed by atoms with Crippen molar-refractivity contribution in [1.82, 2.24) is 10.6 Å². The summed E-state index contributed by atoms with van der Waals surface area (Å²) in [4.78, 5) is 23.8. The van der Waals surface area contributed by atoms with Crippen molar-refractivity contribution in [3.63, 3.8) is 0 Å². The second kappa shape index (κ2) is 11.3. The summed E-state index contributed by atoms with van der Waals surface area (Å²) >= 11 is 5.91. The molecule has 0 bridgehead atoms.